The molecule has 0 bridgehead atoms. The second kappa shape index (κ2) is 9.65. The van der Waals surface area contributed by atoms with Gasteiger partial charge >= 0.3 is 0 Å². The summed E-state index contributed by atoms with van der Waals surface area (Å²) < 4.78 is 6.12. The highest BCUT2D eigenvalue weighted by molar-refractivity contribution is 5.77. The molecule has 1 N–H and O–H groups in total. The third kappa shape index (κ3) is 4.60. The summed E-state index contributed by atoms with van der Waals surface area (Å²) >= 11 is 0. The van der Waals surface area contributed by atoms with Crippen LogP contribution >= 0.6 is 0 Å². The Morgan fingerprint density at radius 3 is 2.50 bits per heavy atom. The van der Waals surface area contributed by atoms with E-state index in [9.17, 15) is 4.79 Å². The maximum atomic E-state index is 12.5. The second-order valence-corrected chi connectivity index (χ2v) is 8.90. The molecule has 0 saturated carbocycles. The SMILES string of the molecule is O=C(CCCc1ccccc1)N1CC(c2nnc([C@@H]3NCCC[C@@H]3c3ccccc3)o2)C1. The van der Waals surface area contributed by atoms with Crippen molar-refractivity contribution in [3.8, 4) is 0 Å². The highest BCUT2D eigenvalue weighted by Gasteiger charge is 2.37. The summed E-state index contributed by atoms with van der Waals surface area (Å²) in [5, 5.41) is 12.3. The smallest absolute Gasteiger partial charge is 0.234 e. The lowest BCUT2D eigenvalue weighted by Gasteiger charge is -2.37. The van der Waals surface area contributed by atoms with Crippen molar-refractivity contribution in [1.29, 1.82) is 0 Å². The van der Waals surface area contributed by atoms with Crippen molar-refractivity contribution >= 4 is 5.91 Å². The first-order valence-electron chi connectivity index (χ1n) is 11.7. The minimum absolute atomic E-state index is 0.0446. The predicted octanol–water partition coefficient (Wildman–Crippen LogP) is 4.23. The summed E-state index contributed by atoms with van der Waals surface area (Å²) in [5.41, 5.74) is 2.59. The van der Waals surface area contributed by atoms with Crippen LogP contribution in [0.4, 0.5) is 0 Å². The number of amides is 1. The van der Waals surface area contributed by atoms with Crippen LogP contribution in [0.5, 0.6) is 0 Å². The first-order chi connectivity index (χ1) is 15.8. The Morgan fingerprint density at radius 1 is 1.00 bits per heavy atom. The number of aromatic nitrogens is 2. The highest BCUT2D eigenvalue weighted by atomic mass is 16.4. The molecule has 0 aliphatic carbocycles. The zero-order chi connectivity index (χ0) is 21.8. The van der Waals surface area contributed by atoms with Crippen molar-refractivity contribution in [1.82, 2.24) is 20.4 Å². The minimum atomic E-state index is 0.0446. The quantitative estimate of drug-likeness (QED) is 0.607. The number of hydrogen-bond donors (Lipinski definition) is 1. The van der Waals surface area contributed by atoms with E-state index in [1.807, 2.05) is 29.2 Å². The average molecular weight is 431 g/mol. The van der Waals surface area contributed by atoms with Crippen molar-refractivity contribution in [3.63, 3.8) is 0 Å². The van der Waals surface area contributed by atoms with Gasteiger partial charge in [-0.2, -0.15) is 0 Å². The van der Waals surface area contributed by atoms with E-state index < -0.39 is 0 Å². The second-order valence-electron chi connectivity index (χ2n) is 8.90. The summed E-state index contributed by atoms with van der Waals surface area (Å²) in [7, 11) is 0. The predicted molar refractivity (Wildman–Crippen MR) is 122 cm³/mol. The first kappa shape index (κ1) is 20.9. The first-order valence-corrected chi connectivity index (χ1v) is 11.7. The van der Waals surface area contributed by atoms with Crippen LogP contribution in [0.1, 0.15) is 66.5 Å². The topological polar surface area (TPSA) is 71.3 Å². The number of aryl methyl sites for hydroxylation is 1. The van der Waals surface area contributed by atoms with Gasteiger partial charge in [-0.05, 0) is 43.4 Å². The Balaban J connectivity index is 1.14. The van der Waals surface area contributed by atoms with E-state index in [-0.39, 0.29) is 17.9 Å². The van der Waals surface area contributed by atoms with Crippen LogP contribution in [0.25, 0.3) is 0 Å². The van der Waals surface area contributed by atoms with Crippen molar-refractivity contribution in [2.75, 3.05) is 19.6 Å². The summed E-state index contributed by atoms with van der Waals surface area (Å²) in [6, 6.07) is 20.9. The van der Waals surface area contributed by atoms with Gasteiger partial charge < -0.3 is 14.6 Å². The molecule has 2 atom stereocenters. The van der Waals surface area contributed by atoms with E-state index in [1.165, 1.54) is 11.1 Å². The number of carbonyl (C=O) groups excluding carboxylic acids is 1. The molecule has 0 radical (unpaired) electrons. The van der Waals surface area contributed by atoms with Crippen molar-refractivity contribution in [2.24, 2.45) is 0 Å². The van der Waals surface area contributed by atoms with E-state index in [2.05, 4.69) is 51.9 Å². The summed E-state index contributed by atoms with van der Waals surface area (Å²) in [4.78, 5) is 14.4. The average Bonchev–Trinajstić information content (AvgIpc) is 3.29. The number of nitrogens with zero attached hydrogens (tertiary/aromatic N) is 3. The zero-order valence-electron chi connectivity index (χ0n) is 18.3. The van der Waals surface area contributed by atoms with Crippen LogP contribution in [0.3, 0.4) is 0 Å². The fourth-order valence-corrected chi connectivity index (χ4v) is 4.83. The minimum Gasteiger partial charge on any atom is -0.423 e. The monoisotopic (exact) mass is 430 g/mol. The van der Waals surface area contributed by atoms with Gasteiger partial charge in [-0.1, -0.05) is 60.7 Å². The Morgan fingerprint density at radius 2 is 1.72 bits per heavy atom. The molecule has 1 amide bonds. The van der Waals surface area contributed by atoms with Crippen molar-refractivity contribution in [3.05, 3.63) is 83.6 Å². The van der Waals surface area contributed by atoms with Gasteiger partial charge in [0.15, 0.2) is 0 Å². The number of rotatable bonds is 7. The largest absolute Gasteiger partial charge is 0.423 e. The highest BCUT2D eigenvalue weighted by Crippen LogP contribution is 2.37. The number of piperidine rings is 1. The fourth-order valence-electron chi connectivity index (χ4n) is 4.83. The van der Waals surface area contributed by atoms with Gasteiger partial charge in [0.05, 0.1) is 12.0 Å². The Hall–Kier alpha value is -2.99. The maximum Gasteiger partial charge on any atom is 0.234 e. The maximum absolute atomic E-state index is 12.5. The lowest BCUT2D eigenvalue weighted by Crippen LogP contribution is -2.48. The molecule has 2 aliphatic rings. The molecule has 0 spiro atoms. The number of hydrogen-bond acceptors (Lipinski definition) is 5. The van der Waals surface area contributed by atoms with E-state index in [0.29, 0.717) is 37.2 Å². The van der Waals surface area contributed by atoms with Gasteiger partial charge in [0.25, 0.3) is 0 Å². The summed E-state index contributed by atoms with van der Waals surface area (Å²) in [6.07, 6.45) is 4.65. The number of carbonyl (C=O) groups is 1. The molecule has 2 fully saturated rings. The van der Waals surface area contributed by atoms with Crippen LogP contribution in [0.15, 0.2) is 65.1 Å². The van der Waals surface area contributed by atoms with Crippen LogP contribution in [-0.4, -0.2) is 40.6 Å². The standard InChI is InChI=1S/C26H30N4O2/c31-23(15-7-11-19-9-3-1-4-10-19)30-17-21(18-30)25-28-29-26(32-25)24-22(14-8-16-27-24)20-12-5-2-6-13-20/h1-6,9-10,12-13,21-22,24,27H,7-8,11,14-18H2/t22-,24-/m1/s1. The van der Waals surface area contributed by atoms with Crippen LogP contribution in [0.2, 0.25) is 0 Å². The number of nitrogens with one attached hydrogen (secondary N) is 1. The molecule has 2 saturated heterocycles. The molecule has 32 heavy (non-hydrogen) atoms. The molecule has 1 aromatic heterocycles. The zero-order valence-corrected chi connectivity index (χ0v) is 18.3. The Bertz CT molecular complexity index is 1010. The van der Waals surface area contributed by atoms with Gasteiger partial charge in [-0.25, -0.2) is 0 Å². The number of likely N-dealkylation sites (tertiary alicyclic amines) is 1. The normalized spacial score (nSPS) is 21.3. The Kier molecular flexibility index (Phi) is 6.30. The lowest BCUT2D eigenvalue weighted by molar-refractivity contribution is -0.136. The van der Waals surface area contributed by atoms with Gasteiger partial charge in [-0.15, -0.1) is 10.2 Å². The van der Waals surface area contributed by atoms with Gasteiger partial charge in [0.1, 0.15) is 0 Å². The van der Waals surface area contributed by atoms with E-state index in [4.69, 9.17) is 4.42 Å². The van der Waals surface area contributed by atoms with Crippen LogP contribution < -0.4 is 5.32 Å². The van der Waals surface area contributed by atoms with Crippen molar-refractivity contribution in [2.45, 2.75) is 50.0 Å². The van der Waals surface area contributed by atoms with E-state index in [0.717, 1.165) is 32.2 Å². The molecule has 3 aromatic rings. The van der Waals surface area contributed by atoms with E-state index in [1.54, 1.807) is 0 Å². The molecule has 0 unspecified atom stereocenters. The third-order valence-electron chi connectivity index (χ3n) is 6.69. The summed E-state index contributed by atoms with van der Waals surface area (Å²) in [5.74, 6) is 2.03. The van der Waals surface area contributed by atoms with Crippen LogP contribution in [0, 0.1) is 0 Å². The molecular formula is C26H30N4O2. The molecule has 2 aliphatic heterocycles. The van der Waals surface area contributed by atoms with E-state index >= 15 is 0 Å². The van der Waals surface area contributed by atoms with Crippen molar-refractivity contribution < 1.29 is 9.21 Å². The fraction of sp³-hybridized carbons (Fsp3) is 0.423. The Labute approximate surface area is 189 Å². The molecule has 166 valence electrons. The van der Waals surface area contributed by atoms with Gasteiger partial charge in [0.2, 0.25) is 17.7 Å². The summed E-state index contributed by atoms with van der Waals surface area (Å²) in [6.45, 7) is 2.30. The molecule has 3 heterocycles. The molecule has 5 rings (SSSR count). The molecule has 2 aromatic carbocycles. The van der Waals surface area contributed by atoms with Gasteiger partial charge in [-0.3, -0.25) is 4.79 Å². The molecule has 6 nitrogen and oxygen atoms in total. The number of benzene rings is 2. The lowest BCUT2D eigenvalue weighted by atomic mass is 9.85. The third-order valence-corrected chi connectivity index (χ3v) is 6.69. The molecule has 6 heteroatoms. The molecular weight excluding hydrogens is 400 g/mol. The van der Waals surface area contributed by atoms with Gasteiger partial charge in [0, 0.05) is 25.4 Å². The van der Waals surface area contributed by atoms with Crippen LogP contribution in [-0.2, 0) is 11.2 Å².